The summed E-state index contributed by atoms with van der Waals surface area (Å²) in [5.41, 5.74) is 0. The molecule has 0 heterocycles. The molecule has 0 radical (unpaired) electrons. The first-order chi connectivity index (χ1) is 35.0. The first kappa shape index (κ1) is 67.6. The molecule has 71 heavy (non-hydrogen) atoms. The van der Waals surface area contributed by atoms with Gasteiger partial charge in [-0.05, 0) is 122 Å². The highest BCUT2D eigenvalue weighted by atomic mass is 16.6. The Labute approximate surface area is 439 Å². The van der Waals surface area contributed by atoms with E-state index in [-0.39, 0.29) is 31.1 Å². The third kappa shape index (κ3) is 57.4. The normalized spacial score (nSPS) is 12.3. The van der Waals surface area contributed by atoms with Crippen LogP contribution in [0, 0.1) is 0 Å². The zero-order valence-corrected chi connectivity index (χ0v) is 46.7. The van der Waals surface area contributed by atoms with Crippen molar-refractivity contribution in [2.24, 2.45) is 0 Å². The van der Waals surface area contributed by atoms with Crippen molar-refractivity contribution < 1.29 is 28.6 Å². The molecule has 0 aromatic heterocycles. The molecule has 0 amide bonds. The van der Waals surface area contributed by atoms with E-state index in [1.54, 1.807) is 0 Å². The van der Waals surface area contributed by atoms with E-state index < -0.39 is 6.10 Å². The second-order valence-electron chi connectivity index (χ2n) is 19.9. The fraction of sp³-hybridized carbons (Fsp3) is 0.738. The summed E-state index contributed by atoms with van der Waals surface area (Å²) >= 11 is 0. The zero-order valence-electron chi connectivity index (χ0n) is 46.7. The maximum atomic E-state index is 12.9. The Hall–Kier alpha value is -3.41. The van der Waals surface area contributed by atoms with Crippen molar-refractivity contribution in [3.63, 3.8) is 0 Å². The van der Waals surface area contributed by atoms with E-state index in [4.69, 9.17) is 14.2 Å². The standard InChI is InChI=1S/C65H112O6/c1-4-7-10-13-16-19-22-25-28-31-32-35-38-41-44-47-50-53-56-59-65(68)71-62(60-69-63(66)57-54-51-48-45-42-39-36-33-29-26-23-20-17-14-11-8-5-2)61-70-64(67)58-55-52-49-46-43-40-37-34-30-27-24-21-18-15-12-9-6-3/h17-18,20-21,25-30,36-37,39-40,62H,4-16,19,22-24,31-35,38,41-61H2,1-3H3/b20-17-,21-18-,28-25-,29-26-,30-27-,39-36-,40-37-. The van der Waals surface area contributed by atoms with Crippen LogP contribution < -0.4 is 0 Å². The third-order valence-electron chi connectivity index (χ3n) is 12.8. The summed E-state index contributed by atoms with van der Waals surface area (Å²) in [5.74, 6) is -0.931. The van der Waals surface area contributed by atoms with Crippen molar-refractivity contribution in [1.82, 2.24) is 0 Å². The average molecular weight is 990 g/mol. The van der Waals surface area contributed by atoms with Crippen LogP contribution in [0.1, 0.15) is 290 Å². The van der Waals surface area contributed by atoms with Gasteiger partial charge in [0.1, 0.15) is 13.2 Å². The highest BCUT2D eigenvalue weighted by molar-refractivity contribution is 5.71. The average Bonchev–Trinajstić information content (AvgIpc) is 3.37. The van der Waals surface area contributed by atoms with Crippen molar-refractivity contribution in [2.45, 2.75) is 297 Å². The molecule has 0 rings (SSSR count). The van der Waals surface area contributed by atoms with E-state index in [0.717, 1.165) is 109 Å². The summed E-state index contributed by atoms with van der Waals surface area (Å²) in [6.45, 7) is 6.56. The van der Waals surface area contributed by atoms with Crippen LogP contribution in [0.3, 0.4) is 0 Å². The van der Waals surface area contributed by atoms with Gasteiger partial charge in [-0.2, -0.15) is 0 Å². The highest BCUT2D eigenvalue weighted by Crippen LogP contribution is 2.15. The summed E-state index contributed by atoms with van der Waals surface area (Å²) in [5, 5.41) is 0. The predicted molar refractivity (Wildman–Crippen MR) is 307 cm³/mol. The van der Waals surface area contributed by atoms with Crippen LogP contribution in [0.4, 0.5) is 0 Å². The zero-order chi connectivity index (χ0) is 51.4. The molecule has 0 saturated heterocycles. The molecular formula is C65H112O6. The number of rotatable bonds is 54. The fourth-order valence-corrected chi connectivity index (χ4v) is 8.27. The number of unbranched alkanes of at least 4 members (excludes halogenated alkanes) is 29. The molecule has 0 saturated carbocycles. The van der Waals surface area contributed by atoms with Crippen LogP contribution in [0.15, 0.2) is 85.1 Å². The van der Waals surface area contributed by atoms with E-state index in [0.29, 0.717) is 19.3 Å². The molecular weight excluding hydrogens is 877 g/mol. The Bertz CT molecular complexity index is 1300. The summed E-state index contributed by atoms with van der Waals surface area (Å²) in [4.78, 5) is 38.2. The number of hydrogen-bond acceptors (Lipinski definition) is 6. The van der Waals surface area contributed by atoms with Crippen LogP contribution in [0.5, 0.6) is 0 Å². The molecule has 6 nitrogen and oxygen atoms in total. The molecule has 0 unspecified atom stereocenters. The van der Waals surface area contributed by atoms with E-state index in [9.17, 15) is 14.4 Å². The molecule has 0 N–H and O–H groups in total. The van der Waals surface area contributed by atoms with Gasteiger partial charge in [-0.3, -0.25) is 14.4 Å². The summed E-state index contributed by atoms with van der Waals surface area (Å²) in [7, 11) is 0. The van der Waals surface area contributed by atoms with Crippen molar-refractivity contribution in [2.75, 3.05) is 13.2 Å². The lowest BCUT2D eigenvalue weighted by molar-refractivity contribution is -0.167. The van der Waals surface area contributed by atoms with Crippen LogP contribution in [-0.4, -0.2) is 37.2 Å². The first-order valence-electron chi connectivity index (χ1n) is 30.1. The van der Waals surface area contributed by atoms with Crippen LogP contribution in [0.2, 0.25) is 0 Å². The van der Waals surface area contributed by atoms with E-state index in [2.05, 4.69) is 106 Å². The minimum absolute atomic E-state index is 0.0959. The van der Waals surface area contributed by atoms with Gasteiger partial charge >= 0.3 is 17.9 Å². The number of esters is 3. The van der Waals surface area contributed by atoms with Crippen LogP contribution >= 0.6 is 0 Å². The molecule has 0 aliphatic rings. The van der Waals surface area contributed by atoms with Gasteiger partial charge in [-0.15, -0.1) is 0 Å². The Balaban J connectivity index is 4.46. The largest absolute Gasteiger partial charge is 0.462 e. The number of carbonyl (C=O) groups excluding carboxylic acids is 3. The molecule has 0 aromatic carbocycles. The van der Waals surface area contributed by atoms with Crippen molar-refractivity contribution in [3.8, 4) is 0 Å². The lowest BCUT2D eigenvalue weighted by atomic mass is 10.1. The van der Waals surface area contributed by atoms with Gasteiger partial charge in [0.15, 0.2) is 6.10 Å². The van der Waals surface area contributed by atoms with Gasteiger partial charge in [0.2, 0.25) is 0 Å². The number of ether oxygens (including phenoxy) is 3. The second-order valence-corrected chi connectivity index (χ2v) is 19.9. The SMILES string of the molecule is CCCCC/C=C\C/C=C\C/C=C\CCCCCCC(=O)OCC(COC(=O)CCCCCC/C=C\C/C=C\C/C=C\CCCCC)OC(=O)CCCCCCCCCCC/C=C\CCCCCCCC. The van der Waals surface area contributed by atoms with Gasteiger partial charge in [0, 0.05) is 19.3 Å². The quantitative estimate of drug-likeness (QED) is 0.0261. The number of hydrogen-bond donors (Lipinski definition) is 0. The third-order valence-corrected chi connectivity index (χ3v) is 12.8. The first-order valence-corrected chi connectivity index (χ1v) is 30.1. The topological polar surface area (TPSA) is 78.9 Å². The molecule has 0 aliphatic carbocycles. The molecule has 0 bridgehead atoms. The van der Waals surface area contributed by atoms with E-state index in [1.165, 1.54) is 141 Å². The number of allylic oxidation sites excluding steroid dienone is 14. The summed E-state index contributed by atoms with van der Waals surface area (Å²) < 4.78 is 16.9. The monoisotopic (exact) mass is 989 g/mol. The van der Waals surface area contributed by atoms with Gasteiger partial charge in [-0.25, -0.2) is 0 Å². The molecule has 0 aliphatic heterocycles. The Morgan fingerprint density at radius 1 is 0.282 bits per heavy atom. The van der Waals surface area contributed by atoms with Gasteiger partial charge in [0.05, 0.1) is 0 Å². The molecule has 408 valence electrons. The van der Waals surface area contributed by atoms with Crippen LogP contribution in [0.25, 0.3) is 0 Å². The Morgan fingerprint density at radius 3 is 0.831 bits per heavy atom. The minimum atomic E-state index is -0.798. The maximum absolute atomic E-state index is 12.9. The van der Waals surface area contributed by atoms with Gasteiger partial charge in [0.25, 0.3) is 0 Å². The maximum Gasteiger partial charge on any atom is 0.306 e. The molecule has 6 heteroatoms. The lowest BCUT2D eigenvalue weighted by Crippen LogP contribution is -2.30. The Morgan fingerprint density at radius 2 is 0.507 bits per heavy atom. The van der Waals surface area contributed by atoms with E-state index in [1.807, 2.05) is 0 Å². The van der Waals surface area contributed by atoms with Gasteiger partial charge in [-0.1, -0.05) is 234 Å². The second kappa shape index (κ2) is 59.2. The van der Waals surface area contributed by atoms with E-state index >= 15 is 0 Å². The van der Waals surface area contributed by atoms with Crippen molar-refractivity contribution in [3.05, 3.63) is 85.1 Å². The molecule has 0 atom stereocenters. The molecule has 0 spiro atoms. The molecule has 0 fully saturated rings. The predicted octanol–water partition coefficient (Wildman–Crippen LogP) is 20.3. The lowest BCUT2D eigenvalue weighted by Gasteiger charge is -2.18. The smallest absolute Gasteiger partial charge is 0.306 e. The van der Waals surface area contributed by atoms with Crippen LogP contribution in [-0.2, 0) is 28.6 Å². The fourth-order valence-electron chi connectivity index (χ4n) is 8.27. The number of carbonyl (C=O) groups is 3. The van der Waals surface area contributed by atoms with Gasteiger partial charge < -0.3 is 14.2 Å². The minimum Gasteiger partial charge on any atom is -0.462 e. The highest BCUT2D eigenvalue weighted by Gasteiger charge is 2.19. The van der Waals surface area contributed by atoms with Crippen molar-refractivity contribution >= 4 is 17.9 Å². The van der Waals surface area contributed by atoms with Crippen molar-refractivity contribution in [1.29, 1.82) is 0 Å². The molecule has 0 aromatic rings. The summed E-state index contributed by atoms with van der Waals surface area (Å²) in [6, 6.07) is 0. The summed E-state index contributed by atoms with van der Waals surface area (Å²) in [6.07, 6.45) is 77.1. The Kier molecular flexibility index (Phi) is 56.3.